The van der Waals surface area contributed by atoms with Crippen LogP contribution in [0.4, 0.5) is 0 Å². The fraction of sp³-hybridized carbons (Fsp3) is 1.00. The molecule has 0 aromatic carbocycles. The average Bonchev–Trinajstić information content (AvgIpc) is 2.50. The molecule has 0 spiro atoms. The number of hydrogen-bond acceptors (Lipinski definition) is 4. The molecular formula is C19H42AsO4P. The van der Waals surface area contributed by atoms with Crippen LogP contribution in [0.25, 0.3) is 0 Å². The van der Waals surface area contributed by atoms with Crippen molar-refractivity contribution in [2.75, 3.05) is 13.2 Å². The Kier molecular flexibility index (Phi) is 16.1. The van der Waals surface area contributed by atoms with Gasteiger partial charge in [-0.25, -0.2) is 0 Å². The Morgan fingerprint density at radius 3 is 1.56 bits per heavy atom. The van der Waals surface area contributed by atoms with Crippen LogP contribution in [0.15, 0.2) is 0 Å². The Hall–Kier alpha value is 0.668. The SMILES string of the molecule is CCCCCCCCCCCCCCOP(=O)([O-])OCC[As+](C)(C)C. The molecule has 0 radical (unpaired) electrons. The molecule has 0 aliphatic heterocycles. The van der Waals surface area contributed by atoms with E-state index in [1.807, 2.05) is 0 Å². The maximum absolute atomic E-state index is 11.6. The van der Waals surface area contributed by atoms with Crippen molar-refractivity contribution in [3.05, 3.63) is 0 Å². The van der Waals surface area contributed by atoms with E-state index in [0.29, 0.717) is 0 Å². The van der Waals surface area contributed by atoms with E-state index in [2.05, 4.69) is 24.1 Å². The Morgan fingerprint density at radius 1 is 0.720 bits per heavy atom. The molecule has 0 fully saturated rings. The molecule has 0 bridgehead atoms. The number of unbranched alkanes of at least 4 members (excludes halogenated alkanes) is 11. The van der Waals surface area contributed by atoms with Gasteiger partial charge in [0.05, 0.1) is 0 Å². The summed E-state index contributed by atoms with van der Waals surface area (Å²) in [6.45, 7) is 2.78. The van der Waals surface area contributed by atoms with E-state index in [1.54, 1.807) is 0 Å². The summed E-state index contributed by atoms with van der Waals surface area (Å²) >= 11 is -1.59. The van der Waals surface area contributed by atoms with Gasteiger partial charge in [-0.1, -0.05) is 45.4 Å². The van der Waals surface area contributed by atoms with Crippen LogP contribution in [0.1, 0.15) is 84.0 Å². The van der Waals surface area contributed by atoms with Crippen molar-refractivity contribution in [3.63, 3.8) is 0 Å². The van der Waals surface area contributed by atoms with Crippen molar-refractivity contribution in [2.45, 2.75) is 106 Å². The first-order valence-electron chi connectivity index (χ1n) is 10.2. The van der Waals surface area contributed by atoms with Gasteiger partial charge >= 0.3 is 114 Å². The summed E-state index contributed by atoms with van der Waals surface area (Å²) in [4.78, 5) is 11.6. The second-order valence-corrected chi connectivity index (χ2v) is 20.0. The van der Waals surface area contributed by atoms with E-state index in [1.165, 1.54) is 64.2 Å². The summed E-state index contributed by atoms with van der Waals surface area (Å²) in [5.41, 5.74) is 6.68. The molecule has 0 heterocycles. The van der Waals surface area contributed by atoms with Crippen LogP contribution in [0.3, 0.4) is 0 Å². The summed E-state index contributed by atoms with van der Waals surface area (Å²) < 4.78 is 21.5. The third kappa shape index (κ3) is 20.8. The molecule has 0 rings (SSSR count). The maximum atomic E-state index is 11.6. The molecule has 0 N–H and O–H groups in total. The van der Waals surface area contributed by atoms with E-state index >= 15 is 0 Å². The number of phosphoric ester groups is 1. The van der Waals surface area contributed by atoms with Gasteiger partial charge < -0.3 is 0 Å². The number of phosphoric acid groups is 1. The average molecular weight is 440 g/mol. The van der Waals surface area contributed by atoms with Crippen molar-refractivity contribution in [1.29, 1.82) is 0 Å². The molecule has 1 unspecified atom stereocenters. The molecule has 0 saturated heterocycles. The minimum atomic E-state index is -4.08. The fourth-order valence-corrected chi connectivity index (χ4v) is 4.98. The molecule has 25 heavy (non-hydrogen) atoms. The van der Waals surface area contributed by atoms with Gasteiger partial charge in [0.1, 0.15) is 0 Å². The molecule has 0 aliphatic carbocycles. The molecule has 152 valence electrons. The molecule has 6 heteroatoms. The standard InChI is InChI=1S/C19H42AsO4P/c1-5-6-7-8-9-10-11-12-13-14-15-16-18-23-25(21,22)24-19-17-20(2,3)4/h5-19H2,1-4H3. The van der Waals surface area contributed by atoms with Gasteiger partial charge in [-0.15, -0.1) is 0 Å². The monoisotopic (exact) mass is 440 g/mol. The van der Waals surface area contributed by atoms with E-state index in [0.717, 1.165) is 18.1 Å². The van der Waals surface area contributed by atoms with Crippen LogP contribution < -0.4 is 4.89 Å². The van der Waals surface area contributed by atoms with Gasteiger partial charge in [-0.05, 0) is 0 Å². The van der Waals surface area contributed by atoms with Crippen molar-refractivity contribution < 1.29 is 18.5 Å². The molecule has 0 amide bonds. The Balaban J connectivity index is 3.35. The van der Waals surface area contributed by atoms with Gasteiger partial charge in [-0.2, -0.15) is 0 Å². The van der Waals surface area contributed by atoms with Gasteiger partial charge in [0.2, 0.25) is 0 Å². The third-order valence-corrected chi connectivity index (χ3v) is 8.45. The molecule has 1 atom stereocenters. The van der Waals surface area contributed by atoms with Crippen LogP contribution in [0, 0.1) is 0 Å². The predicted molar refractivity (Wildman–Crippen MR) is 109 cm³/mol. The Labute approximate surface area is 159 Å². The first kappa shape index (κ1) is 25.7. The summed E-state index contributed by atoms with van der Waals surface area (Å²) in [5, 5.41) is 0.868. The topological polar surface area (TPSA) is 58.6 Å². The van der Waals surface area contributed by atoms with Gasteiger partial charge in [0.25, 0.3) is 0 Å². The minimum absolute atomic E-state index is 0.258. The molecule has 4 nitrogen and oxygen atoms in total. The zero-order valence-corrected chi connectivity index (χ0v) is 19.9. The van der Waals surface area contributed by atoms with Gasteiger partial charge in [-0.3, -0.25) is 0 Å². The van der Waals surface area contributed by atoms with E-state index in [9.17, 15) is 9.46 Å². The second-order valence-electron chi connectivity index (χ2n) is 8.02. The third-order valence-electron chi connectivity index (χ3n) is 4.26. The zero-order chi connectivity index (χ0) is 19.0. The molecular weight excluding hydrogens is 398 g/mol. The summed E-state index contributed by atoms with van der Waals surface area (Å²) in [6.07, 6.45) is 15.1. The van der Waals surface area contributed by atoms with Crippen LogP contribution in [0.5, 0.6) is 0 Å². The second kappa shape index (κ2) is 15.7. The van der Waals surface area contributed by atoms with Crippen molar-refractivity contribution >= 4 is 21.4 Å². The Morgan fingerprint density at radius 2 is 1.12 bits per heavy atom. The van der Waals surface area contributed by atoms with Gasteiger partial charge in [0, 0.05) is 0 Å². The number of hydrogen-bond donors (Lipinski definition) is 0. The van der Waals surface area contributed by atoms with Crippen molar-refractivity contribution in [1.82, 2.24) is 0 Å². The summed E-state index contributed by atoms with van der Waals surface area (Å²) in [6, 6.07) is 0. The first-order valence-corrected chi connectivity index (χ1v) is 18.6. The number of rotatable bonds is 18. The molecule has 0 saturated carbocycles. The van der Waals surface area contributed by atoms with Crippen molar-refractivity contribution in [3.8, 4) is 0 Å². The normalized spacial score (nSPS) is 14.6. The van der Waals surface area contributed by atoms with E-state index in [-0.39, 0.29) is 13.2 Å². The van der Waals surface area contributed by atoms with Crippen LogP contribution in [-0.2, 0) is 13.6 Å². The quantitative estimate of drug-likeness (QED) is 0.138. The fourth-order valence-electron chi connectivity index (χ4n) is 2.58. The summed E-state index contributed by atoms with van der Waals surface area (Å²) in [7, 11) is -4.08. The molecule has 0 aromatic heterocycles. The van der Waals surface area contributed by atoms with E-state index in [4.69, 9.17) is 9.05 Å². The van der Waals surface area contributed by atoms with Crippen LogP contribution >= 0.6 is 7.82 Å². The zero-order valence-electron chi connectivity index (χ0n) is 17.1. The molecule has 0 aliphatic rings. The van der Waals surface area contributed by atoms with E-state index < -0.39 is 21.4 Å². The first-order chi connectivity index (χ1) is 11.8. The van der Waals surface area contributed by atoms with Gasteiger partial charge in [0.15, 0.2) is 0 Å². The molecule has 0 aromatic rings. The van der Waals surface area contributed by atoms with Crippen LogP contribution in [-0.4, -0.2) is 26.8 Å². The van der Waals surface area contributed by atoms with Crippen LogP contribution in [0.2, 0.25) is 22.3 Å². The van der Waals surface area contributed by atoms with Crippen molar-refractivity contribution in [2.24, 2.45) is 0 Å². The predicted octanol–water partition coefficient (Wildman–Crippen LogP) is 6.53. The summed E-state index contributed by atoms with van der Waals surface area (Å²) in [5.74, 6) is 0. The Bertz CT molecular complexity index is 345.